The smallest absolute Gasteiger partial charge is 0.338 e. The Kier molecular flexibility index (Phi) is 21.4. The van der Waals surface area contributed by atoms with Crippen LogP contribution in [0.1, 0.15) is 0 Å². The highest BCUT2D eigenvalue weighted by Crippen LogP contribution is 1.69. The highest BCUT2D eigenvalue weighted by Gasteiger charge is 1.99. The van der Waals surface area contributed by atoms with Crippen LogP contribution < -0.4 is 22.3 Å². The molecule has 0 aromatic rings. The lowest BCUT2D eigenvalue weighted by Crippen LogP contribution is -2.33. The maximum Gasteiger partial charge on any atom is 0.338 e. The van der Waals surface area contributed by atoms with Crippen molar-refractivity contribution in [3.63, 3.8) is 0 Å². The lowest BCUT2D eigenvalue weighted by molar-refractivity contribution is -0.149. The second-order valence-corrected chi connectivity index (χ2v) is 2.12. The molecule has 0 radical (unpaired) electrons. The highest BCUT2D eigenvalue weighted by atomic mass is 35.5. The fourth-order valence-corrected chi connectivity index (χ4v) is 0.519. The van der Waals surface area contributed by atoms with Crippen LogP contribution in [0.15, 0.2) is 0 Å². The molecule has 0 atom stereocenters. The third-order valence-corrected chi connectivity index (χ3v) is 1.02. The molecule has 0 aliphatic rings. The summed E-state index contributed by atoms with van der Waals surface area (Å²) in [6.07, 6.45) is 0. The molecule has 0 aromatic carbocycles. The Morgan fingerprint density at radius 1 is 1.14 bits per heavy atom. The number of nitrogens with one attached hydrogen (secondary N) is 2. The van der Waals surface area contributed by atoms with Crippen LogP contribution >= 0.6 is 24.8 Å². The summed E-state index contributed by atoms with van der Waals surface area (Å²) in [5.41, 5.74) is 12.8. The van der Waals surface area contributed by atoms with Crippen molar-refractivity contribution in [1.29, 1.82) is 0 Å². The van der Waals surface area contributed by atoms with Gasteiger partial charge in [-0.1, -0.05) is 0 Å². The minimum atomic E-state index is -0.364. The molecule has 88 valence electrons. The SMILES string of the molecule is Cl.Cl.NCCNCC(=O)ONCCN. The molecular formula is C6H18Cl2N4O2. The minimum Gasteiger partial charge on any atom is -0.369 e. The van der Waals surface area contributed by atoms with Gasteiger partial charge in [-0.15, -0.1) is 24.8 Å². The average Bonchev–Trinajstić information content (AvgIpc) is 2.06. The Balaban J connectivity index is -0.000000605. The fraction of sp³-hybridized carbons (Fsp3) is 0.833. The van der Waals surface area contributed by atoms with Gasteiger partial charge in [0.1, 0.15) is 0 Å². The lowest BCUT2D eigenvalue weighted by Gasteiger charge is -2.04. The largest absolute Gasteiger partial charge is 0.369 e. The van der Waals surface area contributed by atoms with E-state index in [-0.39, 0.29) is 37.3 Å². The van der Waals surface area contributed by atoms with E-state index in [1.807, 2.05) is 0 Å². The molecule has 0 unspecified atom stereocenters. The van der Waals surface area contributed by atoms with E-state index in [0.29, 0.717) is 26.2 Å². The Morgan fingerprint density at radius 2 is 1.71 bits per heavy atom. The molecule has 0 aliphatic heterocycles. The molecule has 0 fully saturated rings. The molecule has 0 saturated carbocycles. The first-order valence-electron chi connectivity index (χ1n) is 3.84. The molecular weight excluding hydrogens is 231 g/mol. The summed E-state index contributed by atoms with van der Waals surface area (Å²) >= 11 is 0. The van der Waals surface area contributed by atoms with Gasteiger partial charge in [-0.2, -0.15) is 5.48 Å². The molecule has 0 aromatic heterocycles. The van der Waals surface area contributed by atoms with Gasteiger partial charge in [-0.3, -0.25) is 0 Å². The maximum absolute atomic E-state index is 10.8. The predicted octanol–water partition coefficient (Wildman–Crippen LogP) is -1.62. The molecule has 14 heavy (non-hydrogen) atoms. The van der Waals surface area contributed by atoms with Gasteiger partial charge < -0.3 is 21.6 Å². The van der Waals surface area contributed by atoms with Crippen molar-refractivity contribution in [1.82, 2.24) is 10.8 Å². The molecule has 0 aliphatic carbocycles. The zero-order valence-electron chi connectivity index (χ0n) is 7.82. The molecule has 0 rings (SSSR count). The van der Waals surface area contributed by atoms with E-state index in [9.17, 15) is 4.79 Å². The number of rotatable bonds is 7. The van der Waals surface area contributed by atoms with Crippen LogP contribution in [0, 0.1) is 0 Å². The summed E-state index contributed by atoms with van der Waals surface area (Å²) < 4.78 is 0. The van der Waals surface area contributed by atoms with Crippen LogP contribution in [-0.4, -0.2) is 38.7 Å². The summed E-state index contributed by atoms with van der Waals surface area (Å²) in [4.78, 5) is 15.3. The fourth-order valence-electron chi connectivity index (χ4n) is 0.519. The van der Waals surface area contributed by atoms with Gasteiger partial charge in [0, 0.05) is 26.2 Å². The number of hydrogen-bond donors (Lipinski definition) is 4. The van der Waals surface area contributed by atoms with Gasteiger partial charge in [0.2, 0.25) is 0 Å². The molecule has 0 saturated heterocycles. The van der Waals surface area contributed by atoms with Crippen LogP contribution in [0.25, 0.3) is 0 Å². The summed E-state index contributed by atoms with van der Waals surface area (Å²) in [7, 11) is 0. The average molecular weight is 249 g/mol. The van der Waals surface area contributed by atoms with Crippen molar-refractivity contribution in [3.05, 3.63) is 0 Å². The lowest BCUT2D eigenvalue weighted by atomic mass is 10.6. The Hall–Kier alpha value is -0.110. The first-order valence-corrected chi connectivity index (χ1v) is 3.84. The van der Waals surface area contributed by atoms with Crippen LogP contribution in [0.2, 0.25) is 0 Å². The molecule has 6 N–H and O–H groups in total. The van der Waals surface area contributed by atoms with Gasteiger partial charge in [0.05, 0.1) is 6.54 Å². The normalized spacial score (nSPS) is 8.43. The number of halogens is 2. The third kappa shape index (κ3) is 14.4. The first-order chi connectivity index (χ1) is 5.81. The predicted molar refractivity (Wildman–Crippen MR) is 59.6 cm³/mol. The van der Waals surface area contributed by atoms with E-state index in [1.165, 1.54) is 0 Å². The van der Waals surface area contributed by atoms with E-state index in [1.54, 1.807) is 0 Å². The summed E-state index contributed by atoms with van der Waals surface area (Å²) in [6, 6.07) is 0. The molecule has 0 heterocycles. The van der Waals surface area contributed by atoms with Crippen LogP contribution in [0.3, 0.4) is 0 Å². The molecule has 8 heteroatoms. The summed E-state index contributed by atoms with van der Waals surface area (Å²) in [6.45, 7) is 2.16. The zero-order chi connectivity index (χ0) is 9.23. The van der Waals surface area contributed by atoms with Gasteiger partial charge in [0.25, 0.3) is 0 Å². The van der Waals surface area contributed by atoms with Crippen molar-refractivity contribution < 1.29 is 9.63 Å². The Morgan fingerprint density at radius 3 is 2.21 bits per heavy atom. The Labute approximate surface area is 95.9 Å². The van der Waals surface area contributed by atoms with Crippen molar-refractivity contribution in [2.24, 2.45) is 11.5 Å². The van der Waals surface area contributed by atoms with Crippen molar-refractivity contribution >= 4 is 30.8 Å². The summed E-state index contributed by atoms with van der Waals surface area (Å²) in [5, 5.41) is 2.79. The van der Waals surface area contributed by atoms with E-state index in [4.69, 9.17) is 11.5 Å². The second kappa shape index (κ2) is 15.4. The standard InChI is InChI=1S/C6H16N4O2.2ClH/c7-1-3-9-5-6(11)12-10-4-2-8;;/h9-10H,1-5,7-8H2;2*1H. The quantitative estimate of drug-likeness (QED) is 0.319. The molecule has 0 amide bonds. The van der Waals surface area contributed by atoms with Gasteiger partial charge in [-0.25, -0.2) is 4.79 Å². The van der Waals surface area contributed by atoms with Gasteiger partial charge in [-0.05, 0) is 0 Å². The molecule has 0 bridgehead atoms. The number of hydrogen-bond acceptors (Lipinski definition) is 6. The Bertz CT molecular complexity index is 116. The highest BCUT2D eigenvalue weighted by molar-refractivity contribution is 5.85. The third-order valence-electron chi connectivity index (χ3n) is 1.02. The van der Waals surface area contributed by atoms with E-state index < -0.39 is 0 Å². The monoisotopic (exact) mass is 248 g/mol. The van der Waals surface area contributed by atoms with Crippen LogP contribution in [-0.2, 0) is 9.63 Å². The number of carbonyl (C=O) groups is 1. The maximum atomic E-state index is 10.8. The van der Waals surface area contributed by atoms with E-state index >= 15 is 0 Å². The van der Waals surface area contributed by atoms with Crippen LogP contribution in [0.5, 0.6) is 0 Å². The number of hydroxylamine groups is 1. The number of carbonyl (C=O) groups excluding carboxylic acids is 1. The van der Waals surface area contributed by atoms with E-state index in [0.717, 1.165) is 0 Å². The second-order valence-electron chi connectivity index (χ2n) is 2.12. The summed E-state index contributed by atoms with van der Waals surface area (Å²) in [5.74, 6) is -0.364. The number of nitrogens with two attached hydrogens (primary N) is 2. The van der Waals surface area contributed by atoms with Gasteiger partial charge >= 0.3 is 5.97 Å². The molecule has 0 spiro atoms. The molecule has 6 nitrogen and oxygen atoms in total. The minimum absolute atomic E-state index is 0. The topological polar surface area (TPSA) is 102 Å². The van der Waals surface area contributed by atoms with E-state index in [2.05, 4.69) is 15.6 Å². The van der Waals surface area contributed by atoms with Crippen LogP contribution in [0.4, 0.5) is 0 Å². The van der Waals surface area contributed by atoms with Gasteiger partial charge in [0.15, 0.2) is 0 Å². The van der Waals surface area contributed by atoms with Crippen molar-refractivity contribution in [2.45, 2.75) is 0 Å². The zero-order valence-corrected chi connectivity index (χ0v) is 9.46. The van der Waals surface area contributed by atoms with Crippen molar-refractivity contribution in [2.75, 3.05) is 32.7 Å². The van der Waals surface area contributed by atoms with Crippen molar-refractivity contribution in [3.8, 4) is 0 Å². The first kappa shape index (κ1) is 19.5.